The van der Waals surface area contributed by atoms with Gasteiger partial charge in [-0.15, -0.1) is 0 Å². The minimum Gasteiger partial charge on any atom is -0.339 e. The van der Waals surface area contributed by atoms with Crippen LogP contribution in [0.1, 0.15) is 23.3 Å². The topological polar surface area (TPSA) is 58.4 Å². The van der Waals surface area contributed by atoms with Gasteiger partial charge in [-0.25, -0.2) is 9.07 Å². The molecule has 4 rings (SSSR count). The quantitative estimate of drug-likeness (QED) is 0.809. The lowest BCUT2D eigenvalue weighted by Gasteiger charge is -2.32. The zero-order chi connectivity index (χ0) is 18.8. The van der Waals surface area contributed by atoms with Gasteiger partial charge in [0.25, 0.3) is 5.91 Å². The fourth-order valence-electron chi connectivity index (χ4n) is 3.58. The van der Waals surface area contributed by atoms with Gasteiger partial charge in [0.15, 0.2) is 5.69 Å². The van der Waals surface area contributed by atoms with Crippen LogP contribution in [0.5, 0.6) is 0 Å². The van der Waals surface area contributed by atoms with Gasteiger partial charge >= 0.3 is 0 Å². The highest BCUT2D eigenvalue weighted by atomic mass is 32.2. The summed E-state index contributed by atoms with van der Waals surface area (Å²) >= 11 is 1.85. The largest absolute Gasteiger partial charge is 0.339 e. The van der Waals surface area contributed by atoms with E-state index in [0.717, 1.165) is 31.0 Å². The van der Waals surface area contributed by atoms with E-state index in [1.54, 1.807) is 34.0 Å². The number of thioether (sulfide) groups is 1. The molecule has 2 aliphatic heterocycles. The molecule has 6 nitrogen and oxygen atoms in total. The van der Waals surface area contributed by atoms with Crippen molar-refractivity contribution in [2.24, 2.45) is 0 Å². The number of carbonyl (C=O) groups excluding carboxylic acids is 2. The fourth-order valence-corrected chi connectivity index (χ4v) is 4.49. The lowest BCUT2D eigenvalue weighted by atomic mass is 10.2. The molecule has 0 N–H and O–H groups in total. The van der Waals surface area contributed by atoms with E-state index < -0.39 is 6.04 Å². The van der Waals surface area contributed by atoms with Crippen LogP contribution in [0.2, 0.25) is 0 Å². The maximum Gasteiger partial charge on any atom is 0.275 e. The summed E-state index contributed by atoms with van der Waals surface area (Å²) in [6, 6.07) is 7.16. The Morgan fingerprint density at radius 3 is 2.56 bits per heavy atom. The van der Waals surface area contributed by atoms with Crippen LogP contribution in [0.4, 0.5) is 4.39 Å². The smallest absolute Gasteiger partial charge is 0.275 e. The van der Waals surface area contributed by atoms with Gasteiger partial charge in [-0.1, -0.05) is 0 Å². The van der Waals surface area contributed by atoms with Crippen molar-refractivity contribution < 1.29 is 14.0 Å². The van der Waals surface area contributed by atoms with Gasteiger partial charge in [-0.3, -0.25) is 9.59 Å². The van der Waals surface area contributed by atoms with Crippen LogP contribution >= 0.6 is 11.8 Å². The van der Waals surface area contributed by atoms with Crippen LogP contribution in [-0.2, 0) is 4.79 Å². The predicted molar refractivity (Wildman–Crippen MR) is 101 cm³/mol. The minimum absolute atomic E-state index is 0.0547. The molecule has 8 heteroatoms. The van der Waals surface area contributed by atoms with Gasteiger partial charge in [0.05, 0.1) is 5.69 Å². The molecule has 2 aliphatic rings. The summed E-state index contributed by atoms with van der Waals surface area (Å²) in [4.78, 5) is 29.4. The summed E-state index contributed by atoms with van der Waals surface area (Å²) in [7, 11) is 0. The first-order chi connectivity index (χ1) is 13.1. The molecule has 2 aromatic rings. The second-order valence-electron chi connectivity index (χ2n) is 6.72. The molecular formula is C19H21FN4O2S. The number of carbonyl (C=O) groups is 2. The van der Waals surface area contributed by atoms with Crippen LogP contribution in [-0.4, -0.2) is 68.6 Å². The zero-order valence-electron chi connectivity index (χ0n) is 14.9. The van der Waals surface area contributed by atoms with Crippen LogP contribution < -0.4 is 0 Å². The molecule has 2 fully saturated rings. The Labute approximate surface area is 161 Å². The molecule has 2 saturated heterocycles. The van der Waals surface area contributed by atoms with Gasteiger partial charge in [0.1, 0.15) is 11.9 Å². The monoisotopic (exact) mass is 388 g/mol. The number of nitrogens with zero attached hydrogens (tertiary/aromatic N) is 4. The summed E-state index contributed by atoms with van der Waals surface area (Å²) in [5, 5.41) is 4.34. The van der Waals surface area contributed by atoms with E-state index >= 15 is 0 Å². The predicted octanol–water partition coefficient (Wildman–Crippen LogP) is 2.19. The Kier molecular flexibility index (Phi) is 5.15. The Hall–Kier alpha value is -2.35. The lowest BCUT2D eigenvalue weighted by Crippen LogP contribution is -2.50. The van der Waals surface area contributed by atoms with E-state index in [0.29, 0.717) is 24.3 Å². The molecule has 0 aliphatic carbocycles. The van der Waals surface area contributed by atoms with Gasteiger partial charge in [-0.2, -0.15) is 16.9 Å². The molecule has 27 heavy (non-hydrogen) atoms. The molecule has 1 unspecified atom stereocenters. The van der Waals surface area contributed by atoms with Crippen molar-refractivity contribution in [3.05, 3.63) is 48.0 Å². The lowest BCUT2D eigenvalue weighted by molar-refractivity contribution is -0.134. The van der Waals surface area contributed by atoms with Gasteiger partial charge in [0, 0.05) is 37.3 Å². The SMILES string of the molecule is O=C(C1CCCN1C(=O)c1ccn(-c2ccc(F)cc2)n1)N1CCSCC1. The van der Waals surface area contributed by atoms with Gasteiger partial charge < -0.3 is 9.80 Å². The first-order valence-corrected chi connectivity index (χ1v) is 10.3. The summed E-state index contributed by atoms with van der Waals surface area (Å²) in [6.45, 7) is 2.07. The second-order valence-corrected chi connectivity index (χ2v) is 7.94. The summed E-state index contributed by atoms with van der Waals surface area (Å²) in [5.74, 6) is 1.41. The molecule has 0 bridgehead atoms. The average molecular weight is 388 g/mol. The van der Waals surface area contributed by atoms with E-state index in [1.165, 1.54) is 12.1 Å². The fraction of sp³-hybridized carbons (Fsp3) is 0.421. The maximum atomic E-state index is 13.1. The Morgan fingerprint density at radius 2 is 1.81 bits per heavy atom. The maximum absolute atomic E-state index is 13.1. The number of amides is 2. The molecule has 1 aromatic heterocycles. The van der Waals surface area contributed by atoms with Gasteiger partial charge in [-0.05, 0) is 43.2 Å². The standard InChI is InChI=1S/C19H21FN4O2S/c20-14-3-5-15(6-4-14)24-9-7-16(21-24)18(25)23-8-1-2-17(23)19(26)22-10-12-27-13-11-22/h3-7,9,17H,1-2,8,10-13H2. The van der Waals surface area contributed by atoms with Crippen LogP contribution in [0.15, 0.2) is 36.5 Å². The third-order valence-corrected chi connectivity index (χ3v) is 5.96. The molecule has 0 radical (unpaired) electrons. The number of likely N-dealkylation sites (tertiary alicyclic amines) is 1. The van der Waals surface area contributed by atoms with Crippen molar-refractivity contribution in [1.29, 1.82) is 0 Å². The number of hydrogen-bond donors (Lipinski definition) is 0. The highest BCUT2D eigenvalue weighted by molar-refractivity contribution is 7.99. The van der Waals surface area contributed by atoms with Gasteiger partial charge in [0.2, 0.25) is 5.91 Å². The van der Waals surface area contributed by atoms with Crippen LogP contribution in [0.25, 0.3) is 5.69 Å². The summed E-state index contributed by atoms with van der Waals surface area (Å²) in [5.41, 5.74) is 0.975. The first-order valence-electron chi connectivity index (χ1n) is 9.12. The third-order valence-electron chi connectivity index (χ3n) is 5.02. The molecule has 0 spiro atoms. The number of aromatic nitrogens is 2. The molecule has 142 valence electrons. The second kappa shape index (κ2) is 7.72. The normalized spacial score (nSPS) is 20.1. The van der Waals surface area contributed by atoms with Crippen molar-refractivity contribution in [3.63, 3.8) is 0 Å². The van der Waals surface area contributed by atoms with Crippen molar-refractivity contribution in [1.82, 2.24) is 19.6 Å². The summed E-state index contributed by atoms with van der Waals surface area (Å²) < 4.78 is 14.6. The Balaban J connectivity index is 1.50. The molecule has 2 amide bonds. The molecule has 3 heterocycles. The Bertz CT molecular complexity index is 832. The number of benzene rings is 1. The first kappa shape index (κ1) is 18.0. The van der Waals surface area contributed by atoms with Crippen molar-refractivity contribution >= 4 is 23.6 Å². The number of halogens is 1. The van der Waals surface area contributed by atoms with E-state index in [2.05, 4.69) is 5.10 Å². The number of rotatable bonds is 3. The minimum atomic E-state index is -0.392. The average Bonchev–Trinajstić information content (AvgIpc) is 3.38. The van der Waals surface area contributed by atoms with E-state index in [1.807, 2.05) is 16.7 Å². The molecule has 1 atom stereocenters. The van der Waals surface area contributed by atoms with Crippen molar-refractivity contribution in [2.75, 3.05) is 31.1 Å². The highest BCUT2D eigenvalue weighted by Crippen LogP contribution is 2.23. The Morgan fingerprint density at radius 1 is 1.07 bits per heavy atom. The van der Waals surface area contributed by atoms with Crippen molar-refractivity contribution in [3.8, 4) is 5.69 Å². The molecule has 0 saturated carbocycles. The van der Waals surface area contributed by atoms with Crippen LogP contribution in [0, 0.1) is 5.82 Å². The van der Waals surface area contributed by atoms with Crippen molar-refractivity contribution in [2.45, 2.75) is 18.9 Å². The molecule has 1 aromatic carbocycles. The number of hydrogen-bond acceptors (Lipinski definition) is 4. The van der Waals surface area contributed by atoms with E-state index in [9.17, 15) is 14.0 Å². The highest BCUT2D eigenvalue weighted by Gasteiger charge is 2.37. The van der Waals surface area contributed by atoms with E-state index in [4.69, 9.17) is 0 Å². The van der Waals surface area contributed by atoms with E-state index in [-0.39, 0.29) is 17.6 Å². The zero-order valence-corrected chi connectivity index (χ0v) is 15.7. The summed E-state index contributed by atoms with van der Waals surface area (Å²) in [6.07, 6.45) is 3.20. The third kappa shape index (κ3) is 3.71. The van der Waals surface area contributed by atoms with Crippen LogP contribution in [0.3, 0.4) is 0 Å². The molecular weight excluding hydrogens is 367 g/mol.